The van der Waals surface area contributed by atoms with Gasteiger partial charge in [0.05, 0.1) is 6.42 Å². The summed E-state index contributed by atoms with van der Waals surface area (Å²) in [6.07, 6.45) is 2.47. The summed E-state index contributed by atoms with van der Waals surface area (Å²) in [5.74, 6) is -0.337. The number of carbonyl (C=O) groups excluding carboxylic acids is 1. The predicted octanol–water partition coefficient (Wildman–Crippen LogP) is 2.61. The van der Waals surface area contributed by atoms with Crippen molar-refractivity contribution in [2.24, 2.45) is 0 Å². The van der Waals surface area contributed by atoms with Gasteiger partial charge in [-0.15, -0.1) is 0 Å². The van der Waals surface area contributed by atoms with Crippen LogP contribution in [-0.4, -0.2) is 16.9 Å². The molecule has 0 atom stereocenters. The first kappa shape index (κ1) is 10.9. The van der Waals surface area contributed by atoms with Gasteiger partial charge in [0, 0.05) is 12.0 Å². The van der Waals surface area contributed by atoms with Gasteiger partial charge in [0.1, 0.15) is 0 Å². The number of hydrogen-bond donors (Lipinski definition) is 1. The van der Waals surface area contributed by atoms with Crippen molar-refractivity contribution in [2.75, 3.05) is 0 Å². The van der Waals surface area contributed by atoms with Gasteiger partial charge in [-0.1, -0.05) is 24.3 Å². The number of rotatable bonds is 5. The van der Waals surface area contributed by atoms with E-state index in [2.05, 4.69) is 0 Å². The molecule has 1 saturated carbocycles. The van der Waals surface area contributed by atoms with E-state index in [9.17, 15) is 9.59 Å². The van der Waals surface area contributed by atoms with Gasteiger partial charge in [0.15, 0.2) is 5.78 Å². The minimum absolute atomic E-state index is 0.0815. The summed E-state index contributed by atoms with van der Waals surface area (Å²) in [6, 6.07) is 7.56. The van der Waals surface area contributed by atoms with Crippen molar-refractivity contribution in [1.82, 2.24) is 0 Å². The normalized spacial score (nSPS) is 14.8. The van der Waals surface area contributed by atoms with Crippen LogP contribution in [0.2, 0.25) is 0 Å². The number of hydrogen-bond acceptors (Lipinski definition) is 2. The van der Waals surface area contributed by atoms with Gasteiger partial charge >= 0.3 is 5.97 Å². The quantitative estimate of drug-likeness (QED) is 0.773. The number of carbonyl (C=O) groups is 2. The van der Waals surface area contributed by atoms with Crippen LogP contribution in [0.4, 0.5) is 0 Å². The van der Waals surface area contributed by atoms with E-state index in [0.717, 1.165) is 0 Å². The largest absolute Gasteiger partial charge is 0.481 e. The smallest absolute Gasteiger partial charge is 0.303 e. The molecule has 1 N–H and O–H groups in total. The Morgan fingerprint density at radius 1 is 1.12 bits per heavy atom. The fourth-order valence-corrected chi connectivity index (χ4v) is 1.72. The van der Waals surface area contributed by atoms with Gasteiger partial charge < -0.3 is 5.11 Å². The van der Waals surface area contributed by atoms with E-state index < -0.39 is 5.97 Å². The molecule has 0 unspecified atom stereocenters. The van der Waals surface area contributed by atoms with Crippen LogP contribution in [0.25, 0.3) is 0 Å². The molecule has 1 aliphatic carbocycles. The third kappa shape index (κ3) is 2.69. The fourth-order valence-electron chi connectivity index (χ4n) is 1.72. The topological polar surface area (TPSA) is 54.4 Å². The molecule has 1 aromatic rings. The Morgan fingerprint density at radius 3 is 2.25 bits per heavy atom. The Morgan fingerprint density at radius 2 is 1.75 bits per heavy atom. The first-order chi connectivity index (χ1) is 7.66. The highest BCUT2D eigenvalue weighted by molar-refractivity contribution is 5.97. The Hall–Kier alpha value is -1.64. The number of aliphatic carboxylic acids is 1. The minimum Gasteiger partial charge on any atom is -0.481 e. The molecule has 1 aliphatic rings. The molecule has 0 amide bonds. The van der Waals surface area contributed by atoms with Crippen LogP contribution in [0.3, 0.4) is 0 Å². The molecule has 16 heavy (non-hydrogen) atoms. The Kier molecular flexibility index (Phi) is 3.04. The molecule has 2 rings (SSSR count). The SMILES string of the molecule is O=C(O)CCC(=O)c1ccc(C2CC2)cc1. The number of benzene rings is 1. The van der Waals surface area contributed by atoms with E-state index in [1.165, 1.54) is 18.4 Å². The van der Waals surface area contributed by atoms with Crippen molar-refractivity contribution < 1.29 is 14.7 Å². The van der Waals surface area contributed by atoms with Crippen LogP contribution in [0.1, 0.15) is 47.5 Å². The molecule has 84 valence electrons. The molecule has 0 bridgehead atoms. The lowest BCUT2D eigenvalue weighted by Crippen LogP contribution is -2.03. The first-order valence-electron chi connectivity index (χ1n) is 5.52. The van der Waals surface area contributed by atoms with Crippen molar-refractivity contribution in [3.8, 4) is 0 Å². The summed E-state index contributed by atoms with van der Waals surface area (Å²) in [6.45, 7) is 0. The number of Topliss-reactive ketones (excluding diaryl/α,β-unsaturated/α-hetero) is 1. The molecule has 0 spiro atoms. The first-order valence-corrected chi connectivity index (χ1v) is 5.52. The monoisotopic (exact) mass is 218 g/mol. The maximum absolute atomic E-state index is 11.6. The lowest BCUT2D eigenvalue weighted by molar-refractivity contribution is -0.136. The summed E-state index contributed by atoms with van der Waals surface area (Å²) in [5.41, 5.74) is 1.90. The molecular weight excluding hydrogens is 204 g/mol. The van der Waals surface area contributed by atoms with Crippen LogP contribution < -0.4 is 0 Å². The number of carboxylic acid groups (broad SMARTS) is 1. The van der Waals surface area contributed by atoms with Crippen LogP contribution in [0.5, 0.6) is 0 Å². The molecule has 0 aliphatic heterocycles. The van der Waals surface area contributed by atoms with Gasteiger partial charge in [-0.05, 0) is 24.3 Å². The number of ketones is 1. The van der Waals surface area contributed by atoms with Gasteiger partial charge in [0.2, 0.25) is 0 Å². The second-order valence-electron chi connectivity index (χ2n) is 4.21. The average molecular weight is 218 g/mol. The minimum atomic E-state index is -0.928. The average Bonchev–Trinajstić information content (AvgIpc) is 3.10. The zero-order chi connectivity index (χ0) is 11.5. The van der Waals surface area contributed by atoms with E-state index in [1.54, 1.807) is 12.1 Å². The number of carboxylic acids is 1. The summed E-state index contributed by atoms with van der Waals surface area (Å²) in [7, 11) is 0. The molecule has 1 fully saturated rings. The molecule has 0 aromatic heterocycles. The highest BCUT2D eigenvalue weighted by atomic mass is 16.4. The lowest BCUT2D eigenvalue weighted by atomic mass is 10.0. The molecule has 1 aromatic carbocycles. The lowest BCUT2D eigenvalue weighted by Gasteiger charge is -2.01. The third-order valence-electron chi connectivity index (χ3n) is 2.85. The van der Waals surface area contributed by atoms with Gasteiger partial charge in [-0.2, -0.15) is 0 Å². The highest BCUT2D eigenvalue weighted by Gasteiger charge is 2.23. The second-order valence-corrected chi connectivity index (χ2v) is 4.21. The van der Waals surface area contributed by atoms with E-state index in [1.807, 2.05) is 12.1 Å². The fraction of sp³-hybridized carbons (Fsp3) is 0.385. The second kappa shape index (κ2) is 4.47. The summed E-state index contributed by atoms with van der Waals surface area (Å²) in [4.78, 5) is 21.9. The predicted molar refractivity (Wildman–Crippen MR) is 59.6 cm³/mol. The molecule has 0 radical (unpaired) electrons. The van der Waals surface area contributed by atoms with Crippen molar-refractivity contribution in [3.63, 3.8) is 0 Å². The highest BCUT2D eigenvalue weighted by Crippen LogP contribution is 2.39. The van der Waals surface area contributed by atoms with Crippen molar-refractivity contribution in [1.29, 1.82) is 0 Å². The Bertz CT molecular complexity index is 402. The van der Waals surface area contributed by atoms with Gasteiger partial charge in [-0.3, -0.25) is 9.59 Å². The van der Waals surface area contributed by atoms with Crippen molar-refractivity contribution >= 4 is 11.8 Å². The van der Waals surface area contributed by atoms with E-state index >= 15 is 0 Å². The molecule has 3 heteroatoms. The standard InChI is InChI=1S/C13H14O3/c14-12(7-8-13(15)16)11-5-3-10(4-6-11)9-1-2-9/h3-6,9H,1-2,7-8H2,(H,15,16). The third-order valence-corrected chi connectivity index (χ3v) is 2.85. The maximum Gasteiger partial charge on any atom is 0.303 e. The Labute approximate surface area is 94.1 Å². The van der Waals surface area contributed by atoms with Gasteiger partial charge in [0.25, 0.3) is 0 Å². The zero-order valence-electron chi connectivity index (χ0n) is 8.98. The van der Waals surface area contributed by atoms with E-state index in [-0.39, 0.29) is 18.6 Å². The zero-order valence-corrected chi connectivity index (χ0v) is 8.98. The maximum atomic E-state index is 11.6. The molecule has 0 heterocycles. The molecular formula is C13H14O3. The van der Waals surface area contributed by atoms with E-state index in [4.69, 9.17) is 5.11 Å². The van der Waals surface area contributed by atoms with Crippen LogP contribution in [0.15, 0.2) is 24.3 Å². The van der Waals surface area contributed by atoms with Crippen LogP contribution in [0, 0.1) is 0 Å². The van der Waals surface area contributed by atoms with Crippen LogP contribution in [-0.2, 0) is 4.79 Å². The van der Waals surface area contributed by atoms with Crippen molar-refractivity contribution in [2.45, 2.75) is 31.6 Å². The Balaban J connectivity index is 1.97. The van der Waals surface area contributed by atoms with Crippen LogP contribution >= 0.6 is 0 Å². The van der Waals surface area contributed by atoms with Gasteiger partial charge in [-0.25, -0.2) is 0 Å². The summed E-state index contributed by atoms with van der Waals surface area (Å²) in [5, 5.41) is 8.48. The van der Waals surface area contributed by atoms with Crippen molar-refractivity contribution in [3.05, 3.63) is 35.4 Å². The summed E-state index contributed by atoms with van der Waals surface area (Å²) < 4.78 is 0. The molecule has 3 nitrogen and oxygen atoms in total. The summed E-state index contributed by atoms with van der Waals surface area (Å²) >= 11 is 0. The molecule has 0 saturated heterocycles. The van der Waals surface area contributed by atoms with E-state index in [0.29, 0.717) is 11.5 Å².